The molecule has 0 fully saturated rings. The summed E-state index contributed by atoms with van der Waals surface area (Å²) in [5.41, 5.74) is 4.20. The van der Waals surface area contributed by atoms with Gasteiger partial charge in [-0.25, -0.2) is 19.4 Å². The third-order valence-electron chi connectivity index (χ3n) is 5.65. The quantitative estimate of drug-likeness (QED) is 0.290. The minimum atomic E-state index is -0.560. The summed E-state index contributed by atoms with van der Waals surface area (Å²) < 4.78 is 8.08. The number of aryl methyl sites for hydroxylation is 1. The average molecular weight is 498 g/mol. The summed E-state index contributed by atoms with van der Waals surface area (Å²) in [7, 11) is 0. The number of hydrogen-bond donors (Lipinski definition) is 0. The van der Waals surface area contributed by atoms with Gasteiger partial charge in [-0.1, -0.05) is 65.9 Å². The van der Waals surface area contributed by atoms with Crippen LogP contribution in [0.5, 0.6) is 0 Å². The molecule has 0 spiro atoms. The van der Waals surface area contributed by atoms with Crippen molar-refractivity contribution < 1.29 is 14.3 Å². The lowest BCUT2D eigenvalue weighted by Crippen LogP contribution is -2.34. The van der Waals surface area contributed by atoms with Crippen molar-refractivity contribution in [3.63, 3.8) is 0 Å². The monoisotopic (exact) mass is 497 g/mol. The Balaban J connectivity index is 1.30. The van der Waals surface area contributed by atoms with Crippen LogP contribution in [0.4, 0.5) is 5.13 Å². The van der Waals surface area contributed by atoms with Crippen LogP contribution in [0.15, 0.2) is 85.5 Å². The van der Waals surface area contributed by atoms with Gasteiger partial charge in [-0.05, 0) is 41.8 Å². The second-order valence-corrected chi connectivity index (χ2v) is 9.26. The van der Waals surface area contributed by atoms with Gasteiger partial charge < -0.3 is 4.74 Å². The van der Waals surface area contributed by atoms with Crippen LogP contribution >= 0.6 is 11.3 Å². The molecule has 3 aromatic carbocycles. The van der Waals surface area contributed by atoms with Gasteiger partial charge in [0.25, 0.3) is 5.91 Å². The van der Waals surface area contributed by atoms with E-state index >= 15 is 0 Å². The van der Waals surface area contributed by atoms with Crippen LogP contribution in [-0.4, -0.2) is 38.2 Å². The highest BCUT2D eigenvalue weighted by atomic mass is 32.1. The Morgan fingerprint density at radius 3 is 2.50 bits per heavy atom. The van der Waals surface area contributed by atoms with Gasteiger partial charge >= 0.3 is 5.97 Å². The van der Waals surface area contributed by atoms with Crippen LogP contribution in [0.25, 0.3) is 10.2 Å². The molecule has 8 nitrogen and oxygen atoms in total. The number of ether oxygens (including phenoxy) is 1. The lowest BCUT2D eigenvalue weighted by molar-refractivity contribution is -0.121. The largest absolute Gasteiger partial charge is 0.452 e. The number of nitrogens with zero attached hydrogens (tertiary/aromatic N) is 5. The molecule has 1 amide bonds. The second kappa shape index (κ2) is 10.5. The number of carbonyl (C=O) groups is 2. The fourth-order valence-electron chi connectivity index (χ4n) is 3.75. The Morgan fingerprint density at radius 1 is 0.972 bits per heavy atom. The highest BCUT2D eigenvalue weighted by Crippen LogP contribution is 2.31. The zero-order valence-electron chi connectivity index (χ0n) is 19.6. The Morgan fingerprint density at radius 2 is 1.78 bits per heavy atom. The molecule has 0 bridgehead atoms. The van der Waals surface area contributed by atoms with Gasteiger partial charge in [-0.2, -0.15) is 5.10 Å². The van der Waals surface area contributed by atoms with E-state index in [-0.39, 0.29) is 12.5 Å². The third-order valence-corrected chi connectivity index (χ3v) is 6.70. The normalized spacial score (nSPS) is 10.9. The van der Waals surface area contributed by atoms with Crippen LogP contribution < -0.4 is 4.90 Å². The topological polar surface area (TPSA) is 90.2 Å². The summed E-state index contributed by atoms with van der Waals surface area (Å²) in [6.07, 6.45) is 3.10. The Kier molecular flexibility index (Phi) is 6.81. The molecule has 0 atom stereocenters. The molecule has 0 saturated heterocycles. The molecule has 5 rings (SSSR count). The average Bonchev–Trinajstić information content (AvgIpc) is 3.57. The first-order valence-corrected chi connectivity index (χ1v) is 12.2. The van der Waals surface area contributed by atoms with E-state index in [1.54, 1.807) is 28.0 Å². The van der Waals surface area contributed by atoms with Crippen molar-refractivity contribution in [2.24, 2.45) is 0 Å². The van der Waals surface area contributed by atoms with Gasteiger partial charge in [0.05, 0.1) is 28.9 Å². The van der Waals surface area contributed by atoms with Gasteiger partial charge in [0, 0.05) is 0 Å². The van der Waals surface area contributed by atoms with Crippen molar-refractivity contribution in [3.8, 4) is 0 Å². The first kappa shape index (κ1) is 23.4. The van der Waals surface area contributed by atoms with E-state index < -0.39 is 5.97 Å². The molecular weight excluding hydrogens is 474 g/mol. The number of amides is 1. The van der Waals surface area contributed by atoms with E-state index in [0.29, 0.717) is 23.8 Å². The van der Waals surface area contributed by atoms with Crippen LogP contribution in [0, 0.1) is 6.92 Å². The molecule has 0 unspecified atom stereocenters. The van der Waals surface area contributed by atoms with Crippen molar-refractivity contribution in [3.05, 3.63) is 108 Å². The van der Waals surface area contributed by atoms with E-state index in [1.807, 2.05) is 67.6 Å². The van der Waals surface area contributed by atoms with Crippen LogP contribution in [0.1, 0.15) is 27.0 Å². The maximum absolute atomic E-state index is 13.3. The molecule has 0 aliphatic heterocycles. The van der Waals surface area contributed by atoms with E-state index in [4.69, 9.17) is 9.72 Å². The molecule has 0 aliphatic carbocycles. The summed E-state index contributed by atoms with van der Waals surface area (Å²) in [6, 6.07) is 22.6. The molecule has 180 valence electrons. The number of thiazole rings is 1. The van der Waals surface area contributed by atoms with E-state index in [1.165, 1.54) is 17.7 Å². The summed E-state index contributed by atoms with van der Waals surface area (Å²) in [6.45, 7) is 2.48. The minimum absolute atomic E-state index is 0.326. The van der Waals surface area contributed by atoms with E-state index in [0.717, 1.165) is 26.9 Å². The number of esters is 1. The minimum Gasteiger partial charge on any atom is -0.452 e. The molecule has 0 N–H and O–H groups in total. The number of aromatic nitrogens is 4. The summed E-state index contributed by atoms with van der Waals surface area (Å²) in [5.74, 6) is -0.901. The van der Waals surface area contributed by atoms with Crippen molar-refractivity contribution in [2.75, 3.05) is 11.5 Å². The highest BCUT2D eigenvalue weighted by Gasteiger charge is 2.22. The number of benzene rings is 3. The highest BCUT2D eigenvalue weighted by molar-refractivity contribution is 7.22. The second-order valence-electron chi connectivity index (χ2n) is 8.25. The van der Waals surface area contributed by atoms with Gasteiger partial charge in [-0.3, -0.25) is 9.69 Å². The molecule has 2 aromatic heterocycles. The Hall–Kier alpha value is -4.37. The zero-order chi connectivity index (χ0) is 24.9. The number of hydrogen-bond acceptors (Lipinski definition) is 7. The first-order chi connectivity index (χ1) is 17.6. The predicted octanol–water partition coefficient (Wildman–Crippen LogP) is 4.63. The fourth-order valence-corrected chi connectivity index (χ4v) is 4.81. The molecule has 36 heavy (non-hydrogen) atoms. The lowest BCUT2D eigenvalue weighted by Gasteiger charge is -2.20. The van der Waals surface area contributed by atoms with Gasteiger partial charge in [-0.15, -0.1) is 0 Å². The van der Waals surface area contributed by atoms with E-state index in [9.17, 15) is 9.59 Å². The van der Waals surface area contributed by atoms with Crippen molar-refractivity contribution in [1.29, 1.82) is 0 Å². The molecule has 0 radical (unpaired) electrons. The summed E-state index contributed by atoms with van der Waals surface area (Å²) in [4.78, 5) is 36.2. The molecule has 9 heteroatoms. The lowest BCUT2D eigenvalue weighted by atomic mass is 10.1. The SMILES string of the molecule is Cc1cccc2sc(N(Cc3ccccc3)C(=O)COC(=O)c3ccc(Cn4cncn4)cc3)nc12. The number of rotatable bonds is 8. The standard InChI is InChI=1S/C27H23N5O3S/c1-19-6-5-9-23-25(19)30-27(36-23)32(15-20-7-3-2-4-8-20)24(33)16-35-26(34)22-12-10-21(11-13-22)14-31-18-28-17-29-31/h2-13,17-18H,14-16H2,1H3. The molecule has 2 heterocycles. The number of carbonyl (C=O) groups excluding carboxylic acids is 2. The number of fused-ring (bicyclic) bond motifs is 1. The summed E-state index contributed by atoms with van der Waals surface area (Å²) in [5, 5.41) is 4.65. The maximum Gasteiger partial charge on any atom is 0.338 e. The first-order valence-electron chi connectivity index (χ1n) is 11.4. The number of para-hydroxylation sites is 1. The van der Waals surface area contributed by atoms with Gasteiger partial charge in [0.1, 0.15) is 12.7 Å². The fraction of sp³-hybridized carbons (Fsp3) is 0.148. The van der Waals surface area contributed by atoms with Gasteiger partial charge in [0.2, 0.25) is 0 Å². The molecule has 5 aromatic rings. The molecular formula is C27H23N5O3S. The smallest absolute Gasteiger partial charge is 0.338 e. The van der Waals surface area contributed by atoms with Gasteiger partial charge in [0.15, 0.2) is 11.7 Å². The van der Waals surface area contributed by atoms with Crippen LogP contribution in [0.2, 0.25) is 0 Å². The summed E-state index contributed by atoms with van der Waals surface area (Å²) >= 11 is 1.44. The van der Waals surface area contributed by atoms with E-state index in [2.05, 4.69) is 10.1 Å². The maximum atomic E-state index is 13.3. The Labute approximate surface area is 211 Å². The van der Waals surface area contributed by atoms with Crippen molar-refractivity contribution in [2.45, 2.75) is 20.0 Å². The van der Waals surface area contributed by atoms with Crippen molar-refractivity contribution >= 4 is 38.6 Å². The molecule has 0 aliphatic rings. The van der Waals surface area contributed by atoms with Crippen LogP contribution in [-0.2, 0) is 22.6 Å². The third kappa shape index (κ3) is 5.31. The van der Waals surface area contributed by atoms with Crippen LogP contribution in [0.3, 0.4) is 0 Å². The zero-order valence-corrected chi connectivity index (χ0v) is 20.4. The van der Waals surface area contributed by atoms with Crippen molar-refractivity contribution in [1.82, 2.24) is 19.7 Å². The predicted molar refractivity (Wildman–Crippen MR) is 138 cm³/mol. The number of anilines is 1. The Bertz CT molecular complexity index is 1480. The molecule has 0 saturated carbocycles.